The fourth-order valence-corrected chi connectivity index (χ4v) is 3.27. The maximum atomic E-state index is 12.5. The van der Waals surface area contributed by atoms with E-state index in [1.54, 1.807) is 4.68 Å². The van der Waals surface area contributed by atoms with Crippen molar-refractivity contribution in [1.82, 2.24) is 20.2 Å². The molecule has 0 atom stereocenters. The van der Waals surface area contributed by atoms with Gasteiger partial charge in [0.25, 0.3) is 0 Å². The lowest BCUT2D eigenvalue weighted by Gasteiger charge is -2.08. The lowest BCUT2D eigenvalue weighted by molar-refractivity contribution is 0.102. The topological polar surface area (TPSA) is 60.7 Å². The molecule has 2 aromatic carbocycles. The highest BCUT2D eigenvalue weighted by Crippen LogP contribution is 2.22. The molecule has 128 valence electrons. The summed E-state index contributed by atoms with van der Waals surface area (Å²) in [5.41, 5.74) is 6.19. The summed E-state index contributed by atoms with van der Waals surface area (Å²) in [5.74, 6) is 0.372. The fraction of sp³-hybridized carbons (Fsp3) is 0.263. The summed E-state index contributed by atoms with van der Waals surface area (Å²) < 4.78 is 1.70. The number of carbonyl (C=O) groups is 1. The molecule has 0 fully saturated rings. The van der Waals surface area contributed by atoms with Crippen LogP contribution < -0.4 is 0 Å². The second kappa shape index (κ2) is 7.19. The summed E-state index contributed by atoms with van der Waals surface area (Å²) in [4.78, 5) is 12.5. The van der Waals surface area contributed by atoms with Crippen molar-refractivity contribution in [1.29, 1.82) is 0 Å². The van der Waals surface area contributed by atoms with E-state index in [0.29, 0.717) is 10.9 Å². The predicted molar refractivity (Wildman–Crippen MR) is 99.6 cm³/mol. The van der Waals surface area contributed by atoms with Crippen molar-refractivity contribution >= 4 is 17.5 Å². The van der Waals surface area contributed by atoms with Crippen molar-refractivity contribution in [3.63, 3.8) is 0 Å². The molecule has 0 spiro atoms. The van der Waals surface area contributed by atoms with E-state index in [2.05, 4.69) is 21.6 Å². The van der Waals surface area contributed by atoms with Gasteiger partial charge < -0.3 is 0 Å². The van der Waals surface area contributed by atoms with Crippen LogP contribution in [0, 0.1) is 27.7 Å². The molecule has 0 aliphatic heterocycles. The van der Waals surface area contributed by atoms with Gasteiger partial charge in [0.15, 0.2) is 5.78 Å². The van der Waals surface area contributed by atoms with Gasteiger partial charge in [-0.2, -0.15) is 4.68 Å². The molecule has 0 saturated carbocycles. The van der Waals surface area contributed by atoms with Gasteiger partial charge in [0.1, 0.15) is 0 Å². The minimum atomic E-state index is 0.0728. The summed E-state index contributed by atoms with van der Waals surface area (Å²) in [5, 5.41) is 12.6. The zero-order valence-electron chi connectivity index (χ0n) is 14.8. The molecular formula is C19H20N4OS. The summed E-state index contributed by atoms with van der Waals surface area (Å²) in [6.07, 6.45) is 0. The number of carbonyl (C=O) groups excluding carboxylic acids is 1. The smallest absolute Gasteiger partial charge is 0.214 e. The first-order chi connectivity index (χ1) is 12.0. The van der Waals surface area contributed by atoms with E-state index in [0.717, 1.165) is 27.9 Å². The summed E-state index contributed by atoms with van der Waals surface area (Å²) in [6.45, 7) is 8.10. The van der Waals surface area contributed by atoms with Gasteiger partial charge in [0, 0.05) is 5.56 Å². The molecule has 0 bridgehead atoms. The molecule has 0 N–H and O–H groups in total. The Kier molecular flexibility index (Phi) is 4.99. The van der Waals surface area contributed by atoms with Crippen molar-refractivity contribution < 1.29 is 4.79 Å². The molecule has 0 saturated heterocycles. The quantitative estimate of drug-likeness (QED) is 0.515. The predicted octanol–water partition coefficient (Wildman–Crippen LogP) is 3.87. The molecule has 0 unspecified atom stereocenters. The van der Waals surface area contributed by atoms with E-state index in [-0.39, 0.29) is 5.78 Å². The van der Waals surface area contributed by atoms with Crippen LogP contribution in [0.15, 0.2) is 41.6 Å². The Morgan fingerprint density at radius 3 is 2.52 bits per heavy atom. The highest BCUT2D eigenvalue weighted by Gasteiger charge is 2.14. The monoisotopic (exact) mass is 352 g/mol. The Bertz CT molecular complexity index is 933. The second-order valence-electron chi connectivity index (χ2n) is 6.17. The van der Waals surface area contributed by atoms with Crippen LogP contribution in [0.25, 0.3) is 5.69 Å². The highest BCUT2D eigenvalue weighted by atomic mass is 32.2. The maximum Gasteiger partial charge on any atom is 0.214 e. The number of aromatic nitrogens is 4. The van der Waals surface area contributed by atoms with Gasteiger partial charge in [-0.1, -0.05) is 36.0 Å². The lowest BCUT2D eigenvalue weighted by atomic mass is 10.0. The Morgan fingerprint density at radius 1 is 1.00 bits per heavy atom. The molecule has 3 rings (SSSR count). The molecule has 5 nitrogen and oxygen atoms in total. The molecule has 3 aromatic rings. The largest absolute Gasteiger partial charge is 0.293 e. The summed E-state index contributed by atoms with van der Waals surface area (Å²) in [6, 6.07) is 11.9. The maximum absolute atomic E-state index is 12.5. The van der Waals surface area contributed by atoms with Gasteiger partial charge >= 0.3 is 0 Å². The van der Waals surface area contributed by atoms with Crippen molar-refractivity contribution in [2.45, 2.75) is 32.9 Å². The van der Waals surface area contributed by atoms with Crippen LogP contribution >= 0.6 is 11.8 Å². The van der Waals surface area contributed by atoms with Crippen LogP contribution in [0.1, 0.15) is 32.6 Å². The minimum Gasteiger partial charge on any atom is -0.293 e. The molecule has 25 heavy (non-hydrogen) atoms. The van der Waals surface area contributed by atoms with Crippen LogP contribution in [-0.4, -0.2) is 31.7 Å². The number of hydrogen-bond acceptors (Lipinski definition) is 5. The van der Waals surface area contributed by atoms with Gasteiger partial charge in [-0.3, -0.25) is 4.79 Å². The van der Waals surface area contributed by atoms with E-state index >= 15 is 0 Å². The van der Waals surface area contributed by atoms with Gasteiger partial charge in [0.2, 0.25) is 5.16 Å². The standard InChI is InChI=1S/C19H20N4OS/c1-12-5-6-14(3)17(9-12)23-19(20-21-22-23)25-11-18(24)16-8-7-13(2)15(4)10-16/h5-10H,11H2,1-4H3. The summed E-state index contributed by atoms with van der Waals surface area (Å²) in [7, 11) is 0. The number of thioether (sulfide) groups is 1. The highest BCUT2D eigenvalue weighted by molar-refractivity contribution is 7.99. The molecule has 0 aliphatic rings. The number of nitrogens with zero attached hydrogens (tertiary/aromatic N) is 4. The first-order valence-corrected chi connectivity index (χ1v) is 9.03. The van der Waals surface area contributed by atoms with Crippen molar-refractivity contribution in [3.05, 3.63) is 64.2 Å². The third-order valence-electron chi connectivity index (χ3n) is 4.19. The Balaban J connectivity index is 1.78. The fourth-order valence-electron chi connectivity index (χ4n) is 2.50. The average molecular weight is 352 g/mol. The summed E-state index contributed by atoms with van der Waals surface area (Å²) >= 11 is 1.35. The van der Waals surface area contributed by atoms with E-state index in [9.17, 15) is 4.79 Å². The van der Waals surface area contributed by atoms with Gasteiger partial charge in [-0.05, 0) is 72.5 Å². The number of aryl methyl sites for hydroxylation is 4. The normalized spacial score (nSPS) is 10.9. The van der Waals surface area contributed by atoms with Crippen LogP contribution in [0.2, 0.25) is 0 Å². The van der Waals surface area contributed by atoms with Gasteiger partial charge in [-0.15, -0.1) is 5.10 Å². The molecule has 6 heteroatoms. The van der Waals surface area contributed by atoms with Crippen LogP contribution in [-0.2, 0) is 0 Å². The lowest BCUT2D eigenvalue weighted by Crippen LogP contribution is -2.06. The number of benzene rings is 2. The van der Waals surface area contributed by atoms with Crippen LogP contribution in [0.3, 0.4) is 0 Å². The van der Waals surface area contributed by atoms with Crippen molar-refractivity contribution in [2.75, 3.05) is 5.75 Å². The molecule has 0 amide bonds. The second-order valence-corrected chi connectivity index (χ2v) is 7.12. The molecule has 0 aliphatic carbocycles. The van der Waals surface area contributed by atoms with Crippen molar-refractivity contribution in [2.24, 2.45) is 0 Å². The Hall–Kier alpha value is -2.47. The average Bonchev–Trinajstić information content (AvgIpc) is 3.05. The molecule has 1 aromatic heterocycles. The first kappa shape index (κ1) is 17.4. The number of hydrogen-bond donors (Lipinski definition) is 0. The third kappa shape index (κ3) is 3.79. The van der Waals surface area contributed by atoms with Crippen molar-refractivity contribution in [3.8, 4) is 5.69 Å². The SMILES string of the molecule is Cc1ccc(C)c(-n2nnnc2SCC(=O)c2ccc(C)c(C)c2)c1. The van der Waals surface area contributed by atoms with E-state index < -0.39 is 0 Å². The Labute approximate surface area is 151 Å². The number of ketones is 1. The third-order valence-corrected chi connectivity index (χ3v) is 5.11. The number of Topliss-reactive ketones (excluding diaryl/α,β-unsaturated/α-hetero) is 1. The number of rotatable bonds is 5. The minimum absolute atomic E-state index is 0.0728. The van der Waals surface area contributed by atoms with E-state index in [1.165, 1.54) is 17.3 Å². The van der Waals surface area contributed by atoms with Gasteiger partial charge in [0.05, 0.1) is 11.4 Å². The van der Waals surface area contributed by atoms with Crippen LogP contribution in [0.5, 0.6) is 0 Å². The van der Waals surface area contributed by atoms with E-state index in [4.69, 9.17) is 0 Å². The zero-order valence-corrected chi connectivity index (χ0v) is 15.6. The Morgan fingerprint density at radius 2 is 1.76 bits per heavy atom. The van der Waals surface area contributed by atoms with Gasteiger partial charge in [-0.25, -0.2) is 0 Å². The van der Waals surface area contributed by atoms with Crippen LogP contribution in [0.4, 0.5) is 0 Å². The zero-order chi connectivity index (χ0) is 18.0. The van der Waals surface area contributed by atoms with E-state index in [1.807, 2.05) is 58.0 Å². The molecule has 0 radical (unpaired) electrons. The molecule has 1 heterocycles. The first-order valence-electron chi connectivity index (χ1n) is 8.05. The number of tetrazole rings is 1. The molecular weight excluding hydrogens is 332 g/mol.